The molecule has 0 fully saturated rings. The lowest BCUT2D eigenvalue weighted by molar-refractivity contribution is 0.0697. The smallest absolute Gasteiger partial charge is 0.336 e. The molecule has 0 atom stereocenters. The second-order valence-electron chi connectivity index (χ2n) is 10.0. The van der Waals surface area contributed by atoms with Crippen LogP contribution < -0.4 is 0 Å². The summed E-state index contributed by atoms with van der Waals surface area (Å²) in [6, 6.07) is 27.7. The highest BCUT2D eigenvalue weighted by molar-refractivity contribution is 5.96. The summed E-state index contributed by atoms with van der Waals surface area (Å²) in [7, 11) is 0. The average molecular weight is 515 g/mol. The molecular formula is C33H30N4O2. The van der Waals surface area contributed by atoms with Crippen LogP contribution in [0.5, 0.6) is 0 Å². The lowest BCUT2D eigenvalue weighted by Crippen LogP contribution is -2.06. The van der Waals surface area contributed by atoms with Gasteiger partial charge in [0.1, 0.15) is 11.6 Å². The zero-order valence-corrected chi connectivity index (χ0v) is 22.1. The van der Waals surface area contributed by atoms with Gasteiger partial charge in [-0.15, -0.1) is 0 Å². The topological polar surface area (TPSA) is 83.8 Å². The van der Waals surface area contributed by atoms with E-state index in [4.69, 9.17) is 9.97 Å². The third-order valence-corrected chi connectivity index (χ3v) is 7.30. The highest BCUT2D eigenvalue weighted by Crippen LogP contribution is 2.30. The first-order chi connectivity index (χ1) is 19.0. The Morgan fingerprint density at radius 2 is 1.69 bits per heavy atom. The van der Waals surface area contributed by atoms with Gasteiger partial charge in [0.25, 0.3) is 0 Å². The molecule has 194 valence electrons. The van der Waals surface area contributed by atoms with E-state index in [-0.39, 0.29) is 0 Å². The Labute approximate surface area is 227 Å². The Hall–Kier alpha value is -4.71. The van der Waals surface area contributed by atoms with Gasteiger partial charge in [0.2, 0.25) is 0 Å². The van der Waals surface area contributed by atoms with Crippen molar-refractivity contribution in [3.8, 4) is 22.5 Å². The van der Waals surface area contributed by atoms with Gasteiger partial charge in [0, 0.05) is 18.5 Å². The van der Waals surface area contributed by atoms with Gasteiger partial charge in [-0.1, -0.05) is 67.9 Å². The fourth-order valence-corrected chi connectivity index (χ4v) is 5.26. The van der Waals surface area contributed by atoms with Gasteiger partial charge in [0.15, 0.2) is 0 Å². The summed E-state index contributed by atoms with van der Waals surface area (Å²) in [5, 5.41) is 9.61. The molecule has 0 bridgehead atoms. The molecule has 0 radical (unpaired) electrons. The molecule has 6 nitrogen and oxygen atoms in total. The molecule has 6 heteroatoms. The van der Waals surface area contributed by atoms with Crippen LogP contribution in [-0.4, -0.2) is 30.6 Å². The third-order valence-electron chi connectivity index (χ3n) is 7.30. The fraction of sp³-hybridized carbons (Fsp3) is 0.182. The van der Waals surface area contributed by atoms with Crippen LogP contribution in [0, 0.1) is 6.92 Å². The second kappa shape index (κ2) is 10.2. The number of nitrogens with zero attached hydrogens (tertiary/aromatic N) is 3. The Balaban J connectivity index is 1.40. The van der Waals surface area contributed by atoms with Crippen molar-refractivity contribution < 1.29 is 9.90 Å². The molecule has 0 spiro atoms. The minimum atomic E-state index is -0.921. The number of carboxylic acid groups (broad SMARTS) is 1. The molecule has 0 saturated heterocycles. The highest BCUT2D eigenvalue weighted by Gasteiger charge is 2.17. The van der Waals surface area contributed by atoms with E-state index in [1.165, 1.54) is 0 Å². The number of para-hydroxylation sites is 2. The Morgan fingerprint density at radius 1 is 0.923 bits per heavy atom. The molecule has 0 unspecified atom stereocenters. The maximum absolute atomic E-state index is 11.7. The van der Waals surface area contributed by atoms with Gasteiger partial charge in [-0.3, -0.25) is 0 Å². The van der Waals surface area contributed by atoms with Crippen LogP contribution in [-0.2, 0) is 13.0 Å². The Morgan fingerprint density at radius 3 is 2.46 bits per heavy atom. The van der Waals surface area contributed by atoms with Crippen molar-refractivity contribution in [2.45, 2.75) is 39.7 Å². The van der Waals surface area contributed by atoms with Crippen LogP contribution in [0.4, 0.5) is 0 Å². The average Bonchev–Trinajstić information content (AvgIpc) is 3.54. The highest BCUT2D eigenvalue weighted by atomic mass is 16.4. The number of nitrogens with one attached hydrogen (secondary N) is 1. The predicted octanol–water partition coefficient (Wildman–Crippen LogP) is 7.64. The number of benzene rings is 4. The maximum atomic E-state index is 11.7. The number of carboxylic acids is 1. The van der Waals surface area contributed by atoms with Crippen LogP contribution in [0.2, 0.25) is 0 Å². The first-order valence-electron chi connectivity index (χ1n) is 13.4. The summed E-state index contributed by atoms with van der Waals surface area (Å²) in [6.45, 7) is 5.00. The number of hydrogen-bond donors (Lipinski definition) is 2. The van der Waals surface area contributed by atoms with Crippen molar-refractivity contribution in [3.05, 3.63) is 107 Å². The van der Waals surface area contributed by atoms with E-state index in [1.807, 2.05) is 48.5 Å². The summed E-state index contributed by atoms with van der Waals surface area (Å²) in [4.78, 5) is 25.1. The van der Waals surface area contributed by atoms with Crippen LogP contribution in [0.1, 0.15) is 47.1 Å². The van der Waals surface area contributed by atoms with Gasteiger partial charge in [0.05, 0.1) is 27.6 Å². The van der Waals surface area contributed by atoms with E-state index in [9.17, 15) is 9.90 Å². The zero-order valence-electron chi connectivity index (χ0n) is 22.1. The van der Waals surface area contributed by atoms with Gasteiger partial charge < -0.3 is 14.7 Å². The molecule has 6 rings (SSSR count). The lowest BCUT2D eigenvalue weighted by atomic mass is 9.98. The van der Waals surface area contributed by atoms with Crippen LogP contribution in [0.25, 0.3) is 44.6 Å². The number of imidazole rings is 2. The van der Waals surface area contributed by atoms with Crippen LogP contribution in [0.3, 0.4) is 0 Å². The van der Waals surface area contributed by atoms with Crippen molar-refractivity contribution in [2.24, 2.45) is 0 Å². The van der Waals surface area contributed by atoms with E-state index in [0.717, 1.165) is 80.8 Å². The summed E-state index contributed by atoms with van der Waals surface area (Å²) >= 11 is 0. The normalized spacial score (nSPS) is 11.4. The summed E-state index contributed by atoms with van der Waals surface area (Å²) in [5.74, 6) is 1.01. The molecule has 39 heavy (non-hydrogen) atoms. The largest absolute Gasteiger partial charge is 0.478 e. The van der Waals surface area contributed by atoms with Crippen molar-refractivity contribution in [1.82, 2.24) is 19.5 Å². The number of aryl methyl sites for hydroxylation is 2. The quantitative estimate of drug-likeness (QED) is 0.219. The summed E-state index contributed by atoms with van der Waals surface area (Å²) in [6.07, 6.45) is 3.09. The second-order valence-corrected chi connectivity index (χ2v) is 10.0. The Kier molecular flexibility index (Phi) is 6.45. The number of aromatic carboxylic acids is 1. The van der Waals surface area contributed by atoms with E-state index in [2.05, 4.69) is 47.7 Å². The molecule has 0 saturated carbocycles. The number of carbonyl (C=O) groups is 1. The summed E-state index contributed by atoms with van der Waals surface area (Å²) in [5.41, 5.74) is 9.31. The first kappa shape index (κ1) is 24.6. The fourth-order valence-electron chi connectivity index (χ4n) is 5.26. The van der Waals surface area contributed by atoms with Crippen LogP contribution in [0.15, 0.2) is 84.9 Å². The molecule has 0 aliphatic rings. The number of H-pyrrole nitrogens is 1. The monoisotopic (exact) mass is 514 g/mol. The van der Waals surface area contributed by atoms with Crippen molar-refractivity contribution >= 4 is 28.0 Å². The van der Waals surface area contributed by atoms with E-state index < -0.39 is 5.97 Å². The number of aromatic amines is 1. The van der Waals surface area contributed by atoms with Gasteiger partial charge in [-0.05, 0) is 65.9 Å². The number of aromatic nitrogens is 4. The third kappa shape index (κ3) is 4.70. The summed E-state index contributed by atoms with van der Waals surface area (Å²) < 4.78 is 2.32. The maximum Gasteiger partial charge on any atom is 0.336 e. The number of hydrogen-bond acceptors (Lipinski definition) is 3. The molecule has 0 aliphatic carbocycles. The Bertz CT molecular complexity index is 1780. The number of rotatable bonds is 8. The van der Waals surface area contributed by atoms with E-state index in [0.29, 0.717) is 12.1 Å². The lowest BCUT2D eigenvalue weighted by Gasteiger charge is -2.12. The predicted molar refractivity (Wildman–Crippen MR) is 156 cm³/mol. The number of fused-ring (bicyclic) bond motifs is 2. The molecule has 0 amide bonds. The minimum Gasteiger partial charge on any atom is -0.478 e. The molecule has 2 heterocycles. The first-order valence-corrected chi connectivity index (χ1v) is 13.4. The number of unbranched alkanes of at least 4 members (excludes halogenated alkanes) is 1. The molecule has 4 aromatic carbocycles. The van der Waals surface area contributed by atoms with Crippen molar-refractivity contribution in [2.75, 3.05) is 0 Å². The standard InChI is InChI=1S/C33H30N4O2/c1-3-4-13-30-36-31-21(2)18-24(32-34-27-11-7-8-12-28(27)35-32)19-29(31)37(30)20-22-14-16-23(17-15-22)25-9-5-6-10-26(25)33(38)39/h5-12,14-19H,3-4,13,20H2,1-2H3,(H,34,35)(H,38,39). The van der Waals surface area contributed by atoms with E-state index >= 15 is 0 Å². The van der Waals surface area contributed by atoms with Crippen LogP contribution >= 0.6 is 0 Å². The van der Waals surface area contributed by atoms with Gasteiger partial charge in [-0.25, -0.2) is 14.8 Å². The SMILES string of the molecule is CCCCc1nc2c(C)cc(-c3nc4ccccc4[nH]3)cc2n1Cc1ccc(-c2ccccc2C(=O)O)cc1. The van der Waals surface area contributed by atoms with Gasteiger partial charge in [-0.2, -0.15) is 0 Å². The molecule has 2 N–H and O–H groups in total. The molecular weight excluding hydrogens is 484 g/mol. The van der Waals surface area contributed by atoms with Crippen molar-refractivity contribution in [3.63, 3.8) is 0 Å². The molecule has 2 aromatic heterocycles. The zero-order chi connectivity index (χ0) is 26.9. The van der Waals surface area contributed by atoms with E-state index in [1.54, 1.807) is 12.1 Å². The van der Waals surface area contributed by atoms with Crippen molar-refractivity contribution in [1.29, 1.82) is 0 Å². The van der Waals surface area contributed by atoms with Gasteiger partial charge >= 0.3 is 5.97 Å². The minimum absolute atomic E-state index is 0.307. The molecule has 6 aromatic rings. The molecule has 0 aliphatic heterocycles.